The zero-order valence-electron chi connectivity index (χ0n) is 17.5. The molecule has 1 aromatic carbocycles. The van der Waals surface area contributed by atoms with Gasteiger partial charge in [0.2, 0.25) is 0 Å². The van der Waals surface area contributed by atoms with Crippen LogP contribution in [-0.2, 0) is 10.8 Å². The average Bonchev–Trinajstić information content (AvgIpc) is 2.85. The standard InChI is InChI=1S/C22H30N2O3/c1-13-9-16(14(2)27-13)20(26)24-23-12-15-10-17(21(3,4)5)19(25)18(11-15)22(6,7)8/h9-12,25H,1-8H3,(H,24,26)/b23-12+. The van der Waals surface area contributed by atoms with E-state index in [2.05, 4.69) is 52.1 Å². The van der Waals surface area contributed by atoms with Crippen LogP contribution in [-0.4, -0.2) is 17.2 Å². The number of amides is 1. The molecule has 0 saturated carbocycles. The minimum absolute atomic E-state index is 0.220. The third kappa shape index (κ3) is 4.79. The lowest BCUT2D eigenvalue weighted by atomic mass is 9.78. The number of rotatable bonds is 3. The monoisotopic (exact) mass is 370 g/mol. The van der Waals surface area contributed by atoms with Gasteiger partial charge in [-0.1, -0.05) is 41.5 Å². The fraction of sp³-hybridized carbons (Fsp3) is 0.455. The van der Waals surface area contributed by atoms with Gasteiger partial charge in [0.25, 0.3) is 5.91 Å². The minimum atomic E-state index is -0.313. The van der Waals surface area contributed by atoms with Gasteiger partial charge >= 0.3 is 0 Å². The van der Waals surface area contributed by atoms with Gasteiger partial charge in [0.05, 0.1) is 11.8 Å². The summed E-state index contributed by atoms with van der Waals surface area (Å²) in [5.41, 5.74) is 5.10. The molecule has 2 N–H and O–H groups in total. The van der Waals surface area contributed by atoms with E-state index in [1.165, 1.54) is 0 Å². The zero-order chi connectivity index (χ0) is 20.6. The van der Waals surface area contributed by atoms with Crippen molar-refractivity contribution in [2.75, 3.05) is 0 Å². The molecule has 0 spiro atoms. The largest absolute Gasteiger partial charge is 0.507 e. The molecule has 2 aromatic rings. The fourth-order valence-corrected chi connectivity index (χ4v) is 2.96. The second-order valence-electron chi connectivity index (χ2n) is 8.99. The van der Waals surface area contributed by atoms with Gasteiger partial charge < -0.3 is 9.52 Å². The summed E-state index contributed by atoms with van der Waals surface area (Å²) in [6, 6.07) is 5.51. The Morgan fingerprint density at radius 1 is 1.04 bits per heavy atom. The van der Waals surface area contributed by atoms with Gasteiger partial charge in [0, 0.05) is 11.1 Å². The van der Waals surface area contributed by atoms with Crippen LogP contribution in [0.1, 0.15) is 80.1 Å². The highest BCUT2D eigenvalue weighted by Gasteiger charge is 2.26. The fourth-order valence-electron chi connectivity index (χ4n) is 2.96. The van der Waals surface area contributed by atoms with Crippen molar-refractivity contribution in [1.29, 1.82) is 0 Å². The van der Waals surface area contributed by atoms with Crippen LogP contribution in [0.15, 0.2) is 27.7 Å². The van der Waals surface area contributed by atoms with Gasteiger partial charge in [0.15, 0.2) is 0 Å². The molecule has 1 amide bonds. The summed E-state index contributed by atoms with van der Waals surface area (Å²) in [5, 5.41) is 14.9. The Morgan fingerprint density at radius 3 is 1.96 bits per heavy atom. The summed E-state index contributed by atoms with van der Waals surface area (Å²) >= 11 is 0. The predicted molar refractivity (Wildman–Crippen MR) is 109 cm³/mol. The molecule has 0 bridgehead atoms. The topological polar surface area (TPSA) is 74.8 Å². The molecule has 0 radical (unpaired) electrons. The van der Waals surface area contributed by atoms with Gasteiger partial charge in [-0.2, -0.15) is 5.10 Å². The average molecular weight is 370 g/mol. The quantitative estimate of drug-likeness (QED) is 0.592. The molecule has 2 rings (SSSR count). The molecule has 0 fully saturated rings. The zero-order valence-corrected chi connectivity index (χ0v) is 17.5. The number of phenolic OH excluding ortho intramolecular Hbond substituents is 1. The maximum atomic E-state index is 12.3. The van der Waals surface area contributed by atoms with Crippen molar-refractivity contribution >= 4 is 12.1 Å². The predicted octanol–water partition coefficient (Wildman–Crippen LogP) is 4.96. The Hall–Kier alpha value is -2.56. The molecule has 0 aliphatic rings. The van der Waals surface area contributed by atoms with Crippen molar-refractivity contribution in [2.24, 2.45) is 5.10 Å². The molecule has 0 unspecified atom stereocenters. The molecule has 27 heavy (non-hydrogen) atoms. The number of benzene rings is 1. The van der Waals surface area contributed by atoms with E-state index in [-0.39, 0.29) is 16.7 Å². The molecule has 1 heterocycles. The number of aromatic hydroxyl groups is 1. The number of carbonyl (C=O) groups is 1. The molecule has 5 nitrogen and oxygen atoms in total. The Morgan fingerprint density at radius 2 is 1.56 bits per heavy atom. The van der Waals surface area contributed by atoms with Crippen LogP contribution < -0.4 is 5.43 Å². The van der Waals surface area contributed by atoms with Crippen molar-refractivity contribution in [3.63, 3.8) is 0 Å². The lowest BCUT2D eigenvalue weighted by molar-refractivity contribution is 0.0953. The molecule has 1 aromatic heterocycles. The summed E-state index contributed by atoms with van der Waals surface area (Å²) in [6.45, 7) is 15.9. The van der Waals surface area contributed by atoms with E-state index in [0.717, 1.165) is 16.7 Å². The van der Waals surface area contributed by atoms with Crippen LogP contribution in [0.25, 0.3) is 0 Å². The number of hydrogen-bond acceptors (Lipinski definition) is 4. The maximum absolute atomic E-state index is 12.3. The van der Waals surface area contributed by atoms with Gasteiger partial charge in [-0.15, -0.1) is 0 Å². The number of nitrogens with one attached hydrogen (secondary N) is 1. The van der Waals surface area contributed by atoms with E-state index in [1.54, 1.807) is 26.1 Å². The Balaban J connectivity index is 2.34. The molecular formula is C22H30N2O3. The van der Waals surface area contributed by atoms with Crippen molar-refractivity contribution in [3.8, 4) is 5.75 Å². The number of phenols is 1. The SMILES string of the molecule is Cc1cc(C(=O)N/N=C/c2cc(C(C)(C)C)c(O)c(C(C)(C)C)c2)c(C)o1. The summed E-state index contributed by atoms with van der Waals surface area (Å²) in [7, 11) is 0. The van der Waals surface area contributed by atoms with Crippen LogP contribution in [0.5, 0.6) is 5.75 Å². The molecule has 0 aliphatic heterocycles. The Bertz CT molecular complexity index is 843. The number of carbonyl (C=O) groups excluding carboxylic acids is 1. The highest BCUT2D eigenvalue weighted by Crippen LogP contribution is 2.39. The summed E-state index contributed by atoms with van der Waals surface area (Å²) < 4.78 is 5.38. The van der Waals surface area contributed by atoms with E-state index in [1.807, 2.05) is 12.1 Å². The van der Waals surface area contributed by atoms with Crippen LogP contribution in [0.3, 0.4) is 0 Å². The minimum Gasteiger partial charge on any atom is -0.507 e. The smallest absolute Gasteiger partial charge is 0.274 e. The lowest BCUT2D eigenvalue weighted by Gasteiger charge is -2.27. The molecule has 0 aliphatic carbocycles. The number of aryl methyl sites for hydroxylation is 2. The first kappa shape index (κ1) is 20.7. The lowest BCUT2D eigenvalue weighted by Crippen LogP contribution is -2.19. The first-order chi connectivity index (χ1) is 12.3. The molecule has 5 heteroatoms. The van der Waals surface area contributed by atoms with Crippen molar-refractivity contribution in [2.45, 2.75) is 66.2 Å². The van der Waals surface area contributed by atoms with E-state index in [9.17, 15) is 9.90 Å². The van der Waals surface area contributed by atoms with Crippen LogP contribution in [0.2, 0.25) is 0 Å². The van der Waals surface area contributed by atoms with Crippen LogP contribution in [0.4, 0.5) is 0 Å². The molecular weight excluding hydrogens is 340 g/mol. The van der Waals surface area contributed by atoms with Gasteiger partial charge in [-0.3, -0.25) is 4.79 Å². The van der Waals surface area contributed by atoms with Crippen LogP contribution >= 0.6 is 0 Å². The summed E-state index contributed by atoms with van der Waals surface area (Å²) in [4.78, 5) is 12.3. The van der Waals surface area contributed by atoms with E-state index in [4.69, 9.17) is 4.42 Å². The summed E-state index contributed by atoms with van der Waals surface area (Å²) in [5.74, 6) is 1.26. The van der Waals surface area contributed by atoms with Crippen molar-refractivity contribution in [1.82, 2.24) is 5.43 Å². The number of hydrazone groups is 1. The third-order valence-electron chi connectivity index (χ3n) is 4.41. The Labute approximate surface area is 161 Å². The van der Waals surface area contributed by atoms with Gasteiger partial charge in [-0.25, -0.2) is 5.43 Å². The Kier molecular flexibility index (Phi) is 5.55. The molecule has 0 atom stereocenters. The third-order valence-corrected chi connectivity index (χ3v) is 4.41. The number of hydrogen-bond donors (Lipinski definition) is 2. The second kappa shape index (κ2) is 7.22. The maximum Gasteiger partial charge on any atom is 0.274 e. The number of nitrogens with zero attached hydrogens (tertiary/aromatic N) is 1. The highest BCUT2D eigenvalue weighted by molar-refractivity contribution is 5.96. The van der Waals surface area contributed by atoms with Crippen molar-refractivity contribution in [3.05, 3.63) is 52.0 Å². The molecule has 0 saturated heterocycles. The highest BCUT2D eigenvalue weighted by atomic mass is 16.3. The molecule has 146 valence electrons. The first-order valence-electron chi connectivity index (χ1n) is 9.09. The normalized spacial score (nSPS) is 12.6. The van der Waals surface area contributed by atoms with Gasteiger partial charge in [0.1, 0.15) is 17.3 Å². The van der Waals surface area contributed by atoms with Gasteiger partial charge in [-0.05, 0) is 48.4 Å². The first-order valence-corrected chi connectivity index (χ1v) is 9.09. The number of furan rings is 1. The van der Waals surface area contributed by atoms with E-state index >= 15 is 0 Å². The van der Waals surface area contributed by atoms with E-state index in [0.29, 0.717) is 22.8 Å². The van der Waals surface area contributed by atoms with E-state index < -0.39 is 0 Å². The summed E-state index contributed by atoms with van der Waals surface area (Å²) in [6.07, 6.45) is 1.60. The van der Waals surface area contributed by atoms with Crippen LogP contribution in [0, 0.1) is 13.8 Å². The second-order valence-corrected chi connectivity index (χ2v) is 8.99. The van der Waals surface area contributed by atoms with Crippen molar-refractivity contribution < 1.29 is 14.3 Å².